The molecule has 0 radical (unpaired) electrons. The molecule has 4 nitrogen and oxygen atoms in total. The third kappa shape index (κ3) is 2.64. The molecule has 0 saturated heterocycles. The lowest BCUT2D eigenvalue weighted by atomic mass is 10.0. The van der Waals surface area contributed by atoms with Crippen molar-refractivity contribution in [3.63, 3.8) is 0 Å². The Hall–Kier alpha value is -1.79. The van der Waals surface area contributed by atoms with Crippen LogP contribution in [0.25, 0.3) is 5.57 Å². The fourth-order valence-corrected chi connectivity index (χ4v) is 5.44. The number of benzene rings is 1. The molecule has 27 heavy (non-hydrogen) atoms. The Kier molecular flexibility index (Phi) is 4.39. The van der Waals surface area contributed by atoms with Crippen molar-refractivity contribution in [3.8, 4) is 0 Å². The van der Waals surface area contributed by atoms with Gasteiger partial charge in [0.1, 0.15) is 5.84 Å². The van der Waals surface area contributed by atoms with E-state index in [1.807, 2.05) is 0 Å². The molecule has 3 aliphatic carbocycles. The third-order valence-corrected chi connectivity index (χ3v) is 6.72. The van der Waals surface area contributed by atoms with Gasteiger partial charge in [-0.15, -0.1) is 0 Å². The predicted molar refractivity (Wildman–Crippen MR) is 104 cm³/mol. The molecular formula is C20H23ClF2N4. The van der Waals surface area contributed by atoms with E-state index < -0.39 is 11.6 Å². The van der Waals surface area contributed by atoms with E-state index in [1.54, 1.807) is 20.2 Å². The van der Waals surface area contributed by atoms with Gasteiger partial charge >= 0.3 is 0 Å². The summed E-state index contributed by atoms with van der Waals surface area (Å²) in [5.74, 6) is -0.0611. The number of nitrogens with zero attached hydrogens (tertiary/aromatic N) is 1. The van der Waals surface area contributed by atoms with Crippen molar-refractivity contribution >= 4 is 28.7 Å². The second-order valence-corrected chi connectivity index (χ2v) is 8.22. The van der Waals surface area contributed by atoms with Gasteiger partial charge in [0.15, 0.2) is 11.6 Å². The van der Waals surface area contributed by atoms with Crippen molar-refractivity contribution in [1.82, 2.24) is 10.6 Å². The van der Waals surface area contributed by atoms with Gasteiger partial charge in [-0.25, -0.2) is 13.8 Å². The van der Waals surface area contributed by atoms with Crippen LogP contribution >= 0.6 is 11.6 Å². The maximum Gasteiger partial charge on any atom is 0.178 e. The summed E-state index contributed by atoms with van der Waals surface area (Å²) in [6.07, 6.45) is 2.77. The summed E-state index contributed by atoms with van der Waals surface area (Å²) in [4.78, 5) is 4.42. The molecule has 0 amide bonds. The second kappa shape index (κ2) is 6.38. The van der Waals surface area contributed by atoms with Crippen LogP contribution in [0.2, 0.25) is 5.02 Å². The van der Waals surface area contributed by atoms with E-state index >= 15 is 0 Å². The number of halogens is 3. The Morgan fingerprint density at radius 1 is 1.41 bits per heavy atom. The van der Waals surface area contributed by atoms with Gasteiger partial charge in [-0.05, 0) is 49.9 Å². The van der Waals surface area contributed by atoms with E-state index in [1.165, 1.54) is 17.8 Å². The molecule has 0 aliphatic heterocycles. The van der Waals surface area contributed by atoms with Crippen molar-refractivity contribution < 1.29 is 8.78 Å². The lowest BCUT2D eigenvalue weighted by molar-refractivity contribution is 0.485. The molecule has 0 heterocycles. The summed E-state index contributed by atoms with van der Waals surface area (Å²) in [6.45, 7) is 4.36. The topological polar surface area (TPSA) is 60.3 Å². The number of hydrogen-bond donors (Lipinski definition) is 3. The Morgan fingerprint density at radius 3 is 2.78 bits per heavy atom. The Morgan fingerprint density at radius 2 is 2.15 bits per heavy atom. The molecule has 3 fully saturated rings. The number of nitrogens with one attached hydrogen (secondary N) is 3. The number of amidine groups is 1. The van der Waals surface area contributed by atoms with Crippen LogP contribution in [0.15, 0.2) is 23.3 Å². The van der Waals surface area contributed by atoms with E-state index in [9.17, 15) is 8.78 Å². The summed E-state index contributed by atoms with van der Waals surface area (Å²) in [7, 11) is 1.77. The van der Waals surface area contributed by atoms with Crippen LogP contribution in [0.5, 0.6) is 0 Å². The first-order chi connectivity index (χ1) is 12.8. The van der Waals surface area contributed by atoms with Crippen LogP contribution < -0.4 is 10.6 Å². The zero-order valence-electron chi connectivity index (χ0n) is 15.5. The molecule has 1 aromatic rings. The van der Waals surface area contributed by atoms with Crippen LogP contribution in [0, 0.1) is 40.2 Å². The standard InChI is InChI=1S/C20H23ClF2N4/c1-9-16-15(6-13-19(20(9,13)16)27-10(2)24)26-8-11(7-25-3)12-4-5-14(21)18(23)17(12)22/h4-5,8-9,13,15-16,24-26H,6-7H2,1-3H3/b11-8+,24-10?,27-19?. The van der Waals surface area contributed by atoms with Crippen LogP contribution in [0.3, 0.4) is 0 Å². The minimum absolute atomic E-state index is 0.189. The number of likely N-dealkylation sites (N-methyl/N-ethyl adjacent to an activating group) is 1. The predicted octanol–water partition coefficient (Wildman–Crippen LogP) is 3.86. The maximum atomic E-state index is 14.3. The van der Waals surface area contributed by atoms with Gasteiger partial charge in [-0.3, -0.25) is 5.41 Å². The molecule has 5 atom stereocenters. The highest BCUT2D eigenvalue weighted by atomic mass is 35.5. The van der Waals surface area contributed by atoms with Gasteiger partial charge in [-0.2, -0.15) is 0 Å². The summed E-state index contributed by atoms with van der Waals surface area (Å²) >= 11 is 5.67. The van der Waals surface area contributed by atoms with Crippen molar-refractivity contribution in [2.45, 2.75) is 26.3 Å². The normalized spacial score (nSPS) is 35.0. The Balaban J connectivity index is 1.53. The quantitative estimate of drug-likeness (QED) is 0.405. The lowest BCUT2D eigenvalue weighted by Crippen LogP contribution is -2.28. The highest BCUT2D eigenvalue weighted by molar-refractivity contribution is 6.30. The Labute approximate surface area is 162 Å². The van der Waals surface area contributed by atoms with E-state index in [-0.39, 0.29) is 16.0 Å². The molecule has 3 aliphatic rings. The van der Waals surface area contributed by atoms with E-state index in [0.29, 0.717) is 41.7 Å². The highest BCUT2D eigenvalue weighted by Crippen LogP contribution is 2.82. The average Bonchev–Trinajstić information content (AvgIpc) is 3.37. The lowest BCUT2D eigenvalue weighted by Gasteiger charge is -2.17. The van der Waals surface area contributed by atoms with Gasteiger partial charge in [0, 0.05) is 41.4 Å². The highest BCUT2D eigenvalue weighted by Gasteiger charge is 2.86. The number of aliphatic imine (C=N–C) groups is 1. The van der Waals surface area contributed by atoms with Crippen molar-refractivity contribution in [3.05, 3.63) is 40.6 Å². The third-order valence-electron chi connectivity index (χ3n) is 6.43. The van der Waals surface area contributed by atoms with Crippen LogP contribution in [0.4, 0.5) is 8.78 Å². The summed E-state index contributed by atoms with van der Waals surface area (Å²) < 4.78 is 28.2. The molecule has 3 saturated carbocycles. The minimum Gasteiger partial charge on any atom is -0.388 e. The van der Waals surface area contributed by atoms with Crippen LogP contribution in [-0.2, 0) is 0 Å². The second-order valence-electron chi connectivity index (χ2n) is 7.81. The van der Waals surface area contributed by atoms with E-state index in [2.05, 4.69) is 22.5 Å². The molecule has 0 bridgehead atoms. The molecule has 1 spiro atoms. The van der Waals surface area contributed by atoms with Gasteiger partial charge in [0.2, 0.25) is 0 Å². The molecular weight excluding hydrogens is 370 g/mol. The number of rotatable bonds is 5. The first-order valence-corrected chi connectivity index (χ1v) is 9.59. The maximum absolute atomic E-state index is 14.3. The zero-order valence-corrected chi connectivity index (χ0v) is 16.3. The first-order valence-electron chi connectivity index (χ1n) is 9.21. The molecule has 7 heteroatoms. The molecule has 3 N–H and O–H groups in total. The molecule has 0 aromatic heterocycles. The fourth-order valence-electron chi connectivity index (χ4n) is 5.30. The largest absolute Gasteiger partial charge is 0.388 e. The van der Waals surface area contributed by atoms with Crippen LogP contribution in [0.1, 0.15) is 25.8 Å². The van der Waals surface area contributed by atoms with Gasteiger partial charge < -0.3 is 10.6 Å². The molecule has 4 rings (SSSR count). The summed E-state index contributed by atoms with van der Waals surface area (Å²) in [6, 6.07) is 3.18. The molecule has 144 valence electrons. The fraction of sp³-hybridized carbons (Fsp3) is 0.500. The Bertz CT molecular complexity index is 881. The van der Waals surface area contributed by atoms with Crippen LogP contribution in [-0.4, -0.2) is 31.2 Å². The van der Waals surface area contributed by atoms with Crippen molar-refractivity contribution in [2.24, 2.45) is 28.2 Å². The summed E-state index contributed by atoms with van der Waals surface area (Å²) in [5, 5.41) is 13.8. The number of hydrogen-bond acceptors (Lipinski definition) is 3. The van der Waals surface area contributed by atoms with Gasteiger partial charge in [0.25, 0.3) is 0 Å². The zero-order chi connectivity index (χ0) is 19.5. The van der Waals surface area contributed by atoms with Crippen molar-refractivity contribution in [2.75, 3.05) is 13.6 Å². The first kappa shape index (κ1) is 18.6. The van der Waals surface area contributed by atoms with Crippen molar-refractivity contribution in [1.29, 1.82) is 5.41 Å². The molecule has 5 unspecified atom stereocenters. The SMILES string of the molecule is CNC/C(=C\NC1CC2C(=NC(C)=N)C23C(C)C13)c1ccc(Cl)c(F)c1F. The smallest absolute Gasteiger partial charge is 0.178 e. The monoisotopic (exact) mass is 392 g/mol. The van der Waals surface area contributed by atoms with Gasteiger partial charge in [0.05, 0.1) is 5.02 Å². The average molecular weight is 393 g/mol. The van der Waals surface area contributed by atoms with Gasteiger partial charge in [-0.1, -0.05) is 18.5 Å². The minimum atomic E-state index is -1.02. The molecule has 1 aromatic carbocycles. The van der Waals surface area contributed by atoms with E-state index in [0.717, 1.165) is 6.42 Å². The summed E-state index contributed by atoms with van der Waals surface area (Å²) in [5.41, 5.74) is 2.24. The van der Waals surface area contributed by atoms with E-state index in [4.69, 9.17) is 17.0 Å².